The van der Waals surface area contributed by atoms with Gasteiger partial charge in [0.25, 0.3) is 5.91 Å². The minimum absolute atomic E-state index is 0.134. The van der Waals surface area contributed by atoms with Crippen molar-refractivity contribution in [1.29, 1.82) is 0 Å². The second-order valence-corrected chi connectivity index (χ2v) is 2.92. The molecular weight excluding hydrogens is 228 g/mol. The third-order valence-corrected chi connectivity index (χ3v) is 1.62. The average Bonchev–Trinajstić information content (AvgIpc) is 2.76. The molecule has 0 unspecified atom stereocenters. The summed E-state index contributed by atoms with van der Waals surface area (Å²) in [4.78, 5) is 32.2. The van der Waals surface area contributed by atoms with E-state index in [4.69, 9.17) is 9.52 Å². The van der Waals surface area contributed by atoms with E-state index in [0.717, 1.165) is 6.08 Å². The van der Waals surface area contributed by atoms with E-state index in [0.29, 0.717) is 11.8 Å². The van der Waals surface area contributed by atoms with Crippen molar-refractivity contribution in [3.05, 3.63) is 36.3 Å². The lowest BCUT2D eigenvalue weighted by atomic mass is 10.4. The molecule has 0 atom stereocenters. The third kappa shape index (κ3) is 5.17. The molecule has 7 nitrogen and oxygen atoms in total. The summed E-state index contributed by atoms with van der Waals surface area (Å²) >= 11 is 0. The minimum atomic E-state index is -1.27. The van der Waals surface area contributed by atoms with Crippen molar-refractivity contribution in [2.75, 3.05) is 0 Å². The fraction of sp³-hybridized carbons (Fsp3) is 0.100. The topological polar surface area (TPSA) is 109 Å². The lowest BCUT2D eigenvalue weighted by Crippen LogP contribution is -2.38. The highest BCUT2D eigenvalue weighted by Gasteiger charge is 2.05. The number of aliphatic carboxylic acids is 1. The Labute approximate surface area is 96.1 Å². The summed E-state index contributed by atoms with van der Waals surface area (Å²) in [5, 5.41) is 12.5. The van der Waals surface area contributed by atoms with Crippen LogP contribution in [0.15, 0.2) is 35.0 Å². The molecule has 1 rings (SSSR count). The molecule has 0 aliphatic heterocycles. The van der Waals surface area contributed by atoms with Crippen molar-refractivity contribution in [3.8, 4) is 0 Å². The highest BCUT2D eigenvalue weighted by atomic mass is 16.4. The number of carboxylic acids is 1. The van der Waals surface area contributed by atoms with Crippen molar-refractivity contribution in [2.45, 2.75) is 6.54 Å². The maximum absolute atomic E-state index is 11.1. The zero-order valence-electron chi connectivity index (χ0n) is 8.67. The van der Waals surface area contributed by atoms with Crippen molar-refractivity contribution in [2.24, 2.45) is 0 Å². The van der Waals surface area contributed by atoms with E-state index in [1.807, 2.05) is 5.32 Å². The summed E-state index contributed by atoms with van der Waals surface area (Å²) in [7, 11) is 0. The molecule has 0 aromatic carbocycles. The molecule has 0 aliphatic rings. The van der Waals surface area contributed by atoms with Crippen LogP contribution in [0.1, 0.15) is 5.76 Å². The summed E-state index contributed by atoms with van der Waals surface area (Å²) in [5.74, 6) is -1.55. The Kier molecular flexibility index (Phi) is 4.49. The van der Waals surface area contributed by atoms with E-state index in [1.165, 1.54) is 6.26 Å². The molecule has 0 radical (unpaired) electrons. The molecule has 7 heteroatoms. The third-order valence-electron chi connectivity index (χ3n) is 1.62. The van der Waals surface area contributed by atoms with Gasteiger partial charge in [-0.25, -0.2) is 9.59 Å². The van der Waals surface area contributed by atoms with Gasteiger partial charge in [-0.3, -0.25) is 10.1 Å². The Morgan fingerprint density at radius 2 is 2.12 bits per heavy atom. The van der Waals surface area contributed by atoms with Gasteiger partial charge >= 0.3 is 12.0 Å². The van der Waals surface area contributed by atoms with Gasteiger partial charge < -0.3 is 14.8 Å². The fourth-order valence-electron chi connectivity index (χ4n) is 0.925. The number of hydrogen-bond donors (Lipinski definition) is 3. The number of nitrogens with one attached hydrogen (secondary N) is 2. The molecule has 0 aliphatic carbocycles. The van der Waals surface area contributed by atoms with Gasteiger partial charge in [-0.15, -0.1) is 0 Å². The molecule has 90 valence electrons. The second-order valence-electron chi connectivity index (χ2n) is 2.92. The number of amides is 3. The molecule has 1 aromatic rings. The van der Waals surface area contributed by atoms with Crippen LogP contribution in [0.3, 0.4) is 0 Å². The van der Waals surface area contributed by atoms with E-state index >= 15 is 0 Å². The van der Waals surface area contributed by atoms with Crippen molar-refractivity contribution >= 4 is 17.9 Å². The first-order valence-corrected chi connectivity index (χ1v) is 4.60. The van der Waals surface area contributed by atoms with E-state index in [9.17, 15) is 14.4 Å². The van der Waals surface area contributed by atoms with Crippen LogP contribution >= 0.6 is 0 Å². The van der Waals surface area contributed by atoms with E-state index < -0.39 is 17.9 Å². The van der Waals surface area contributed by atoms with Crippen LogP contribution in [0.4, 0.5) is 4.79 Å². The van der Waals surface area contributed by atoms with E-state index in [2.05, 4.69) is 5.32 Å². The van der Waals surface area contributed by atoms with E-state index in [-0.39, 0.29) is 6.54 Å². The number of urea groups is 1. The number of imide groups is 1. The van der Waals surface area contributed by atoms with Gasteiger partial charge in [-0.2, -0.15) is 0 Å². The van der Waals surface area contributed by atoms with Crippen LogP contribution in [0.25, 0.3) is 0 Å². The fourth-order valence-corrected chi connectivity index (χ4v) is 0.925. The number of carbonyl (C=O) groups excluding carboxylic acids is 2. The first-order valence-electron chi connectivity index (χ1n) is 4.60. The van der Waals surface area contributed by atoms with Crippen molar-refractivity contribution in [1.82, 2.24) is 10.6 Å². The molecule has 3 N–H and O–H groups in total. The van der Waals surface area contributed by atoms with Crippen LogP contribution in [-0.2, 0) is 16.1 Å². The maximum Gasteiger partial charge on any atom is 0.328 e. The molecule has 3 amide bonds. The molecule has 0 saturated heterocycles. The lowest BCUT2D eigenvalue weighted by Gasteiger charge is -2.02. The van der Waals surface area contributed by atoms with Gasteiger partial charge in [-0.05, 0) is 12.1 Å². The largest absolute Gasteiger partial charge is 0.478 e. The van der Waals surface area contributed by atoms with Crippen LogP contribution in [0.2, 0.25) is 0 Å². The van der Waals surface area contributed by atoms with Crippen LogP contribution in [-0.4, -0.2) is 23.0 Å². The Balaban J connectivity index is 2.29. The second kappa shape index (κ2) is 6.11. The molecule has 0 spiro atoms. The van der Waals surface area contributed by atoms with Gasteiger partial charge in [0.05, 0.1) is 12.8 Å². The smallest absolute Gasteiger partial charge is 0.328 e. The molecular formula is C10H10N2O5. The van der Waals surface area contributed by atoms with Gasteiger partial charge in [0.15, 0.2) is 0 Å². The SMILES string of the molecule is O=C(O)/C=C/C(=O)NC(=O)NCc1ccco1. The Morgan fingerprint density at radius 3 is 2.71 bits per heavy atom. The molecule has 17 heavy (non-hydrogen) atoms. The highest BCUT2D eigenvalue weighted by molar-refractivity contribution is 6.02. The van der Waals surface area contributed by atoms with Gasteiger partial charge in [0.1, 0.15) is 5.76 Å². The quantitative estimate of drug-likeness (QED) is 0.651. The summed E-state index contributed by atoms with van der Waals surface area (Å²) in [6.45, 7) is 0.134. The maximum atomic E-state index is 11.1. The Hall–Kier alpha value is -2.57. The predicted molar refractivity (Wildman–Crippen MR) is 55.9 cm³/mol. The predicted octanol–water partition coefficient (Wildman–Crippen LogP) is 0.246. The Bertz CT molecular complexity index is 436. The molecule has 0 fully saturated rings. The summed E-state index contributed by atoms with van der Waals surface area (Å²) in [5.41, 5.74) is 0. The number of hydrogen-bond acceptors (Lipinski definition) is 4. The number of carboxylic acid groups (broad SMARTS) is 1. The summed E-state index contributed by atoms with van der Waals surface area (Å²) in [6.07, 6.45) is 2.83. The molecule has 0 bridgehead atoms. The normalized spacial score (nSPS) is 10.1. The molecule has 1 heterocycles. The first-order chi connectivity index (χ1) is 8.08. The zero-order chi connectivity index (χ0) is 12.7. The zero-order valence-corrected chi connectivity index (χ0v) is 8.67. The Morgan fingerprint density at radius 1 is 1.35 bits per heavy atom. The van der Waals surface area contributed by atoms with Gasteiger partial charge in [0.2, 0.25) is 0 Å². The van der Waals surface area contributed by atoms with Gasteiger partial charge in [0, 0.05) is 12.2 Å². The van der Waals surface area contributed by atoms with Crippen molar-refractivity contribution in [3.63, 3.8) is 0 Å². The minimum Gasteiger partial charge on any atom is -0.478 e. The molecule has 0 saturated carbocycles. The van der Waals surface area contributed by atoms with Crippen LogP contribution in [0.5, 0.6) is 0 Å². The van der Waals surface area contributed by atoms with Gasteiger partial charge in [-0.1, -0.05) is 0 Å². The summed E-state index contributed by atoms with van der Waals surface area (Å²) < 4.78 is 4.95. The number of carbonyl (C=O) groups is 3. The monoisotopic (exact) mass is 238 g/mol. The van der Waals surface area contributed by atoms with Crippen LogP contribution in [0, 0.1) is 0 Å². The number of furan rings is 1. The number of rotatable bonds is 4. The van der Waals surface area contributed by atoms with E-state index in [1.54, 1.807) is 12.1 Å². The summed E-state index contributed by atoms with van der Waals surface area (Å²) in [6, 6.07) is 2.59. The van der Waals surface area contributed by atoms with Crippen LogP contribution < -0.4 is 10.6 Å². The highest BCUT2D eigenvalue weighted by Crippen LogP contribution is 1.97. The lowest BCUT2D eigenvalue weighted by molar-refractivity contribution is -0.131. The molecule has 1 aromatic heterocycles. The average molecular weight is 238 g/mol. The first kappa shape index (κ1) is 12.5. The standard InChI is InChI=1S/C10H10N2O5/c13-8(3-4-9(14)15)12-10(16)11-6-7-2-1-5-17-7/h1-5H,6H2,(H,14,15)(H2,11,12,13,16)/b4-3+. The van der Waals surface area contributed by atoms with Crippen molar-refractivity contribution < 1.29 is 23.9 Å².